The molecule has 3 nitrogen and oxygen atoms in total. The summed E-state index contributed by atoms with van der Waals surface area (Å²) in [5.41, 5.74) is 1.99. The average molecular weight is 267 g/mol. The Kier molecular flexibility index (Phi) is 7.53. The van der Waals surface area contributed by atoms with Gasteiger partial charge in [-0.2, -0.15) is 11.8 Å². The highest BCUT2D eigenvalue weighted by molar-refractivity contribution is 7.98. The van der Waals surface area contributed by atoms with Gasteiger partial charge in [0.25, 0.3) is 0 Å². The summed E-state index contributed by atoms with van der Waals surface area (Å²) in [6, 6.07) is 7.72. The van der Waals surface area contributed by atoms with E-state index < -0.39 is 5.97 Å². The maximum Gasteiger partial charge on any atom is 0.307 e. The minimum Gasteiger partial charge on any atom is -0.481 e. The van der Waals surface area contributed by atoms with Crippen molar-refractivity contribution in [2.75, 3.05) is 18.6 Å². The van der Waals surface area contributed by atoms with Crippen LogP contribution in [0.1, 0.15) is 24.0 Å². The van der Waals surface area contributed by atoms with Crippen molar-refractivity contribution in [3.63, 3.8) is 0 Å². The first-order chi connectivity index (χ1) is 8.74. The average Bonchev–Trinajstić information content (AvgIpc) is 2.35. The van der Waals surface area contributed by atoms with Crippen LogP contribution in [0.5, 0.6) is 0 Å². The van der Waals surface area contributed by atoms with Crippen molar-refractivity contribution < 1.29 is 9.90 Å². The summed E-state index contributed by atoms with van der Waals surface area (Å²) in [5, 5.41) is 12.2. The van der Waals surface area contributed by atoms with Crippen LogP contribution in [0.4, 0.5) is 0 Å². The molecule has 4 heteroatoms. The lowest BCUT2D eigenvalue weighted by atomic mass is 10.0. The monoisotopic (exact) mass is 267 g/mol. The molecule has 0 heterocycles. The molecular formula is C14H21NO2S. The van der Waals surface area contributed by atoms with Gasteiger partial charge in [0.2, 0.25) is 0 Å². The lowest BCUT2D eigenvalue weighted by molar-refractivity contribution is -0.136. The Morgan fingerprint density at radius 1 is 1.28 bits per heavy atom. The van der Waals surface area contributed by atoms with Crippen LogP contribution in [0, 0.1) is 0 Å². The second-order valence-electron chi connectivity index (χ2n) is 4.22. The largest absolute Gasteiger partial charge is 0.481 e. The molecule has 0 saturated heterocycles. The Morgan fingerprint density at radius 2 is 2.00 bits per heavy atom. The molecule has 0 aliphatic heterocycles. The molecule has 0 amide bonds. The molecule has 100 valence electrons. The van der Waals surface area contributed by atoms with Crippen molar-refractivity contribution in [2.45, 2.75) is 25.8 Å². The molecular weight excluding hydrogens is 246 g/mol. The van der Waals surface area contributed by atoms with E-state index in [1.807, 2.05) is 36.0 Å². The normalized spacial score (nSPS) is 10.5. The molecule has 1 rings (SSSR count). The van der Waals surface area contributed by atoms with Gasteiger partial charge in [0.1, 0.15) is 0 Å². The van der Waals surface area contributed by atoms with Crippen LogP contribution in [0.25, 0.3) is 0 Å². The molecule has 2 N–H and O–H groups in total. The maximum atomic E-state index is 10.7. The Morgan fingerprint density at radius 3 is 2.67 bits per heavy atom. The minimum atomic E-state index is -0.776. The number of hydrogen-bond acceptors (Lipinski definition) is 3. The van der Waals surface area contributed by atoms with Crippen LogP contribution >= 0.6 is 11.8 Å². The number of benzene rings is 1. The van der Waals surface area contributed by atoms with Crippen LogP contribution < -0.4 is 5.32 Å². The lowest BCUT2D eigenvalue weighted by Crippen LogP contribution is -2.16. The predicted octanol–water partition coefficient (Wildman–Crippen LogP) is 2.55. The van der Waals surface area contributed by atoms with Crippen molar-refractivity contribution in [2.24, 2.45) is 0 Å². The third-order valence-electron chi connectivity index (χ3n) is 2.73. The van der Waals surface area contributed by atoms with E-state index in [-0.39, 0.29) is 6.42 Å². The van der Waals surface area contributed by atoms with Gasteiger partial charge in [-0.05, 0) is 42.5 Å². The molecule has 0 bridgehead atoms. The molecule has 0 atom stereocenters. The van der Waals surface area contributed by atoms with Gasteiger partial charge in [-0.1, -0.05) is 24.3 Å². The standard InChI is InChI=1S/C14H21NO2S/c1-18-9-5-4-8-15-11-13-7-3-2-6-12(13)10-14(16)17/h2-3,6-7,15H,4-5,8-11H2,1H3,(H,16,17). The first-order valence-corrected chi connectivity index (χ1v) is 7.61. The van der Waals surface area contributed by atoms with E-state index >= 15 is 0 Å². The number of nitrogens with one attached hydrogen (secondary N) is 1. The Hall–Kier alpha value is -1.00. The summed E-state index contributed by atoms with van der Waals surface area (Å²) >= 11 is 1.87. The number of rotatable bonds is 9. The molecule has 1 aromatic rings. The second-order valence-corrected chi connectivity index (χ2v) is 5.20. The van der Waals surface area contributed by atoms with Crippen molar-refractivity contribution in [3.8, 4) is 0 Å². The summed E-state index contributed by atoms with van der Waals surface area (Å²) in [6.45, 7) is 1.74. The van der Waals surface area contributed by atoms with Gasteiger partial charge in [-0.15, -0.1) is 0 Å². The molecule has 0 saturated carbocycles. The quantitative estimate of drug-likeness (QED) is 0.675. The number of aliphatic carboxylic acids is 1. The van der Waals surface area contributed by atoms with Gasteiger partial charge in [0.05, 0.1) is 6.42 Å². The molecule has 0 aliphatic rings. The molecule has 0 fully saturated rings. The third-order valence-corrected chi connectivity index (χ3v) is 3.42. The molecule has 1 aromatic carbocycles. The van der Waals surface area contributed by atoms with Gasteiger partial charge in [0, 0.05) is 6.54 Å². The van der Waals surface area contributed by atoms with Gasteiger partial charge >= 0.3 is 5.97 Å². The summed E-state index contributed by atoms with van der Waals surface area (Å²) < 4.78 is 0. The van der Waals surface area contributed by atoms with E-state index in [0.29, 0.717) is 0 Å². The Bertz CT molecular complexity index is 369. The highest BCUT2D eigenvalue weighted by Gasteiger charge is 2.05. The number of carboxylic acid groups (broad SMARTS) is 1. The lowest BCUT2D eigenvalue weighted by Gasteiger charge is -2.09. The fourth-order valence-electron chi connectivity index (χ4n) is 1.78. The highest BCUT2D eigenvalue weighted by Crippen LogP contribution is 2.09. The SMILES string of the molecule is CSCCCCNCc1ccccc1CC(=O)O. The number of carbonyl (C=O) groups is 1. The van der Waals surface area contributed by atoms with Crippen LogP contribution in [-0.2, 0) is 17.8 Å². The second kappa shape index (κ2) is 9.00. The van der Waals surface area contributed by atoms with Gasteiger partial charge in [-0.25, -0.2) is 0 Å². The minimum absolute atomic E-state index is 0.102. The van der Waals surface area contributed by atoms with Crippen molar-refractivity contribution >= 4 is 17.7 Å². The van der Waals surface area contributed by atoms with E-state index in [4.69, 9.17) is 5.11 Å². The molecule has 0 radical (unpaired) electrons. The van der Waals surface area contributed by atoms with Crippen LogP contribution in [0.3, 0.4) is 0 Å². The highest BCUT2D eigenvalue weighted by atomic mass is 32.2. The van der Waals surface area contributed by atoms with Crippen molar-refractivity contribution in [3.05, 3.63) is 35.4 Å². The zero-order valence-electron chi connectivity index (χ0n) is 10.8. The number of carboxylic acids is 1. The van der Waals surface area contributed by atoms with Gasteiger partial charge in [0.15, 0.2) is 0 Å². The maximum absolute atomic E-state index is 10.7. The molecule has 0 spiro atoms. The third kappa shape index (κ3) is 6.07. The first kappa shape index (κ1) is 15.1. The van der Waals surface area contributed by atoms with Crippen LogP contribution in [0.2, 0.25) is 0 Å². The van der Waals surface area contributed by atoms with E-state index in [2.05, 4.69) is 11.6 Å². The fraction of sp³-hybridized carbons (Fsp3) is 0.500. The summed E-state index contributed by atoms with van der Waals surface area (Å²) in [7, 11) is 0. The van der Waals surface area contributed by atoms with E-state index in [9.17, 15) is 4.79 Å². The van der Waals surface area contributed by atoms with E-state index in [1.165, 1.54) is 18.6 Å². The van der Waals surface area contributed by atoms with Crippen molar-refractivity contribution in [1.29, 1.82) is 0 Å². The van der Waals surface area contributed by atoms with Gasteiger partial charge in [-0.3, -0.25) is 4.79 Å². The number of unbranched alkanes of at least 4 members (excludes halogenated alkanes) is 1. The fourth-order valence-corrected chi connectivity index (χ4v) is 2.28. The zero-order valence-corrected chi connectivity index (χ0v) is 11.6. The predicted molar refractivity (Wildman–Crippen MR) is 77.1 cm³/mol. The first-order valence-electron chi connectivity index (χ1n) is 6.22. The van der Waals surface area contributed by atoms with Crippen molar-refractivity contribution in [1.82, 2.24) is 5.32 Å². The van der Waals surface area contributed by atoms with Crippen LogP contribution in [-0.4, -0.2) is 29.6 Å². The molecule has 0 aliphatic carbocycles. The summed E-state index contributed by atoms with van der Waals surface area (Å²) in [5.74, 6) is 0.430. The Labute approximate surface area is 113 Å². The molecule has 18 heavy (non-hydrogen) atoms. The Balaban J connectivity index is 2.34. The van der Waals surface area contributed by atoms with Crippen LogP contribution in [0.15, 0.2) is 24.3 Å². The number of hydrogen-bond donors (Lipinski definition) is 2. The summed E-state index contributed by atoms with van der Waals surface area (Å²) in [6.07, 6.45) is 4.62. The number of thioether (sulfide) groups is 1. The topological polar surface area (TPSA) is 49.3 Å². The van der Waals surface area contributed by atoms with E-state index in [0.717, 1.165) is 24.2 Å². The van der Waals surface area contributed by atoms with Gasteiger partial charge < -0.3 is 10.4 Å². The summed E-state index contributed by atoms with van der Waals surface area (Å²) in [4.78, 5) is 10.7. The molecule has 0 aromatic heterocycles. The smallest absolute Gasteiger partial charge is 0.307 e. The zero-order chi connectivity index (χ0) is 13.2. The molecule has 0 unspecified atom stereocenters. The van der Waals surface area contributed by atoms with E-state index in [1.54, 1.807) is 0 Å².